The van der Waals surface area contributed by atoms with E-state index in [-0.39, 0.29) is 24.8 Å². The van der Waals surface area contributed by atoms with Crippen LogP contribution in [0, 0.1) is 0 Å². The monoisotopic (exact) mass is 455 g/mol. The van der Waals surface area contributed by atoms with Gasteiger partial charge in [0.2, 0.25) is 5.91 Å². The minimum absolute atomic E-state index is 0.170. The van der Waals surface area contributed by atoms with Crippen molar-refractivity contribution in [3.63, 3.8) is 0 Å². The maximum atomic E-state index is 13.1. The van der Waals surface area contributed by atoms with Gasteiger partial charge in [0.25, 0.3) is 5.91 Å². The lowest BCUT2D eigenvalue weighted by atomic mass is 10.1. The standard InChI is InChI=1S/C24H26ClN3O4/c1-2-32-24(31)17-7-9-19(10-8-17)28-22(29)15-21(23(28)30)27-13-11-26(12-14-27)16-18-5-3-4-6-20(18)25/h3-10,21H,2,11-16H2,1H3. The predicted octanol–water partition coefficient (Wildman–Crippen LogP) is 2.97. The molecule has 0 aromatic heterocycles. The smallest absolute Gasteiger partial charge is 0.338 e. The number of nitrogens with zero attached hydrogens (tertiary/aromatic N) is 3. The lowest BCUT2D eigenvalue weighted by molar-refractivity contribution is -0.123. The normalized spacial score (nSPS) is 20.1. The van der Waals surface area contributed by atoms with Gasteiger partial charge in [0.05, 0.1) is 30.3 Å². The van der Waals surface area contributed by atoms with Gasteiger partial charge in [0.15, 0.2) is 0 Å². The molecule has 7 nitrogen and oxygen atoms in total. The molecule has 168 valence electrons. The SMILES string of the molecule is CCOC(=O)c1ccc(N2C(=O)CC(N3CCN(Cc4ccccc4Cl)CC3)C2=O)cc1. The Bertz CT molecular complexity index is 1000. The van der Waals surface area contributed by atoms with Crippen LogP contribution in [0.2, 0.25) is 5.02 Å². The second-order valence-electron chi connectivity index (χ2n) is 7.96. The van der Waals surface area contributed by atoms with Crippen LogP contribution in [0.3, 0.4) is 0 Å². The summed E-state index contributed by atoms with van der Waals surface area (Å²) in [7, 11) is 0. The van der Waals surface area contributed by atoms with Crippen molar-refractivity contribution in [2.75, 3.05) is 37.7 Å². The number of amides is 2. The number of anilines is 1. The molecule has 8 heteroatoms. The lowest BCUT2D eigenvalue weighted by Crippen LogP contribution is -2.52. The van der Waals surface area contributed by atoms with E-state index in [9.17, 15) is 14.4 Å². The van der Waals surface area contributed by atoms with Crippen molar-refractivity contribution in [2.24, 2.45) is 0 Å². The van der Waals surface area contributed by atoms with Crippen LogP contribution in [0.1, 0.15) is 29.3 Å². The van der Waals surface area contributed by atoms with Gasteiger partial charge in [-0.15, -0.1) is 0 Å². The molecule has 0 spiro atoms. The summed E-state index contributed by atoms with van der Waals surface area (Å²) >= 11 is 6.28. The molecule has 4 rings (SSSR count). The van der Waals surface area contributed by atoms with Crippen molar-refractivity contribution >= 4 is 35.1 Å². The molecule has 32 heavy (non-hydrogen) atoms. The van der Waals surface area contributed by atoms with Crippen molar-refractivity contribution in [1.82, 2.24) is 9.80 Å². The highest BCUT2D eigenvalue weighted by Crippen LogP contribution is 2.27. The Labute approximate surface area is 192 Å². The summed E-state index contributed by atoms with van der Waals surface area (Å²) in [4.78, 5) is 43.2. The van der Waals surface area contributed by atoms with Crippen LogP contribution in [-0.2, 0) is 20.9 Å². The molecule has 0 bridgehead atoms. The van der Waals surface area contributed by atoms with Crippen molar-refractivity contribution in [2.45, 2.75) is 25.9 Å². The van der Waals surface area contributed by atoms with Crippen LogP contribution in [0.4, 0.5) is 5.69 Å². The first kappa shape index (κ1) is 22.5. The van der Waals surface area contributed by atoms with E-state index < -0.39 is 12.0 Å². The minimum atomic E-state index is -0.449. The summed E-state index contributed by atoms with van der Waals surface area (Å²) in [6.45, 7) is 5.83. The Hall–Kier alpha value is -2.74. The van der Waals surface area contributed by atoms with Gasteiger partial charge in [0.1, 0.15) is 0 Å². The molecule has 1 atom stereocenters. The summed E-state index contributed by atoms with van der Waals surface area (Å²) in [5, 5.41) is 0.760. The molecular weight excluding hydrogens is 430 g/mol. The summed E-state index contributed by atoms with van der Waals surface area (Å²) in [6, 6.07) is 13.8. The van der Waals surface area contributed by atoms with Gasteiger partial charge in [-0.25, -0.2) is 9.69 Å². The van der Waals surface area contributed by atoms with Crippen LogP contribution in [0.15, 0.2) is 48.5 Å². The fourth-order valence-electron chi connectivity index (χ4n) is 4.23. The number of imide groups is 1. The number of piperazine rings is 1. The largest absolute Gasteiger partial charge is 0.462 e. The highest BCUT2D eigenvalue weighted by Gasteiger charge is 2.43. The molecule has 2 amide bonds. The summed E-state index contributed by atoms with van der Waals surface area (Å²) < 4.78 is 4.98. The second kappa shape index (κ2) is 9.81. The van der Waals surface area contributed by atoms with Gasteiger partial charge in [-0.05, 0) is 42.8 Å². The first-order valence-electron chi connectivity index (χ1n) is 10.8. The van der Waals surface area contributed by atoms with E-state index in [0.717, 1.165) is 30.2 Å². The third-order valence-corrected chi connectivity index (χ3v) is 6.33. The van der Waals surface area contributed by atoms with E-state index in [2.05, 4.69) is 9.80 Å². The maximum absolute atomic E-state index is 13.1. The molecule has 0 N–H and O–H groups in total. The number of halogens is 1. The second-order valence-corrected chi connectivity index (χ2v) is 8.37. The van der Waals surface area contributed by atoms with E-state index in [1.54, 1.807) is 31.2 Å². The van der Waals surface area contributed by atoms with Gasteiger partial charge in [-0.2, -0.15) is 0 Å². The average Bonchev–Trinajstić information content (AvgIpc) is 3.10. The van der Waals surface area contributed by atoms with E-state index in [4.69, 9.17) is 16.3 Å². The average molecular weight is 456 g/mol. The molecule has 2 aromatic carbocycles. The van der Waals surface area contributed by atoms with Gasteiger partial charge < -0.3 is 4.74 Å². The molecule has 0 saturated carbocycles. The number of ether oxygens (including phenoxy) is 1. The van der Waals surface area contributed by atoms with Crippen molar-refractivity contribution in [1.29, 1.82) is 0 Å². The lowest BCUT2D eigenvalue weighted by Gasteiger charge is -2.37. The van der Waals surface area contributed by atoms with Gasteiger partial charge in [0, 0.05) is 37.7 Å². The number of carbonyl (C=O) groups is 3. The predicted molar refractivity (Wildman–Crippen MR) is 122 cm³/mol. The molecule has 0 aliphatic carbocycles. The molecule has 1 unspecified atom stereocenters. The third-order valence-electron chi connectivity index (χ3n) is 5.96. The summed E-state index contributed by atoms with van der Waals surface area (Å²) in [6.07, 6.45) is 0.170. The summed E-state index contributed by atoms with van der Waals surface area (Å²) in [5.74, 6) is -0.855. The van der Waals surface area contributed by atoms with Crippen molar-refractivity contribution < 1.29 is 19.1 Å². The Morgan fingerprint density at radius 3 is 2.38 bits per heavy atom. The van der Waals surface area contributed by atoms with Crippen LogP contribution in [0.5, 0.6) is 0 Å². The van der Waals surface area contributed by atoms with E-state index in [1.807, 2.05) is 24.3 Å². The zero-order valence-corrected chi connectivity index (χ0v) is 18.8. The zero-order chi connectivity index (χ0) is 22.7. The zero-order valence-electron chi connectivity index (χ0n) is 18.0. The number of hydrogen-bond acceptors (Lipinski definition) is 6. The van der Waals surface area contributed by atoms with E-state index in [1.165, 1.54) is 4.90 Å². The molecular formula is C24H26ClN3O4. The van der Waals surface area contributed by atoms with Crippen LogP contribution in [-0.4, -0.2) is 66.4 Å². The molecule has 2 heterocycles. The highest BCUT2D eigenvalue weighted by molar-refractivity contribution is 6.31. The third kappa shape index (κ3) is 4.70. The highest BCUT2D eigenvalue weighted by atomic mass is 35.5. The van der Waals surface area contributed by atoms with Crippen molar-refractivity contribution in [3.8, 4) is 0 Å². The Kier molecular flexibility index (Phi) is 6.89. The molecule has 2 saturated heterocycles. The summed E-state index contributed by atoms with van der Waals surface area (Å²) in [5.41, 5.74) is 1.96. The number of esters is 1. The van der Waals surface area contributed by atoms with E-state index >= 15 is 0 Å². The fraction of sp³-hybridized carbons (Fsp3) is 0.375. The maximum Gasteiger partial charge on any atom is 0.338 e. The van der Waals surface area contributed by atoms with Crippen LogP contribution in [0.25, 0.3) is 0 Å². The minimum Gasteiger partial charge on any atom is -0.462 e. The molecule has 2 fully saturated rings. The van der Waals surface area contributed by atoms with E-state index in [0.29, 0.717) is 24.3 Å². The topological polar surface area (TPSA) is 70.2 Å². The first-order valence-corrected chi connectivity index (χ1v) is 11.2. The Morgan fingerprint density at radius 2 is 1.72 bits per heavy atom. The molecule has 2 aliphatic heterocycles. The van der Waals surface area contributed by atoms with Crippen LogP contribution >= 0.6 is 11.6 Å². The Morgan fingerprint density at radius 1 is 1.03 bits per heavy atom. The molecule has 2 aliphatic rings. The van der Waals surface area contributed by atoms with Crippen molar-refractivity contribution in [3.05, 3.63) is 64.7 Å². The fourth-order valence-corrected chi connectivity index (χ4v) is 4.43. The Balaban J connectivity index is 1.37. The number of rotatable bonds is 6. The molecule has 0 radical (unpaired) electrons. The number of hydrogen-bond donors (Lipinski definition) is 0. The van der Waals surface area contributed by atoms with Gasteiger partial charge in [-0.1, -0.05) is 29.8 Å². The quantitative estimate of drug-likeness (QED) is 0.492. The first-order chi connectivity index (χ1) is 15.5. The molecule has 2 aromatic rings. The number of carbonyl (C=O) groups excluding carboxylic acids is 3. The van der Waals surface area contributed by atoms with Crippen LogP contribution < -0.4 is 4.90 Å². The van der Waals surface area contributed by atoms with Gasteiger partial charge in [-0.3, -0.25) is 19.4 Å². The number of benzene rings is 2. The van der Waals surface area contributed by atoms with Gasteiger partial charge >= 0.3 is 5.97 Å².